The second kappa shape index (κ2) is 9.42. The summed E-state index contributed by atoms with van der Waals surface area (Å²) >= 11 is 0. The second-order valence-corrected chi connectivity index (χ2v) is 4.56. The Morgan fingerprint density at radius 3 is 2.47 bits per heavy atom. The van der Waals surface area contributed by atoms with E-state index in [1.54, 1.807) is 7.05 Å². The number of esters is 1. The lowest BCUT2D eigenvalue weighted by atomic mass is 10.1. The predicted molar refractivity (Wildman–Crippen MR) is 71.0 cm³/mol. The van der Waals surface area contributed by atoms with Crippen molar-refractivity contribution in [1.82, 2.24) is 10.2 Å². The Bertz CT molecular complexity index is 210. The minimum absolute atomic E-state index is 0.174. The number of carbonyl (C=O) groups excluding carboxylic acids is 1. The van der Waals surface area contributed by atoms with Crippen molar-refractivity contribution in [2.45, 2.75) is 39.7 Å². The Balaban J connectivity index is 4.07. The first-order valence-corrected chi connectivity index (χ1v) is 6.56. The van der Waals surface area contributed by atoms with Gasteiger partial charge in [-0.05, 0) is 25.9 Å². The fraction of sp³-hybridized carbons (Fsp3) is 0.923. The SMILES string of the molecule is CCC(C)CN(CC)CCC(NC)C(=O)OC. The Labute approximate surface area is 106 Å². The van der Waals surface area contributed by atoms with Crippen molar-refractivity contribution < 1.29 is 9.53 Å². The molecule has 102 valence electrons. The second-order valence-electron chi connectivity index (χ2n) is 4.56. The highest BCUT2D eigenvalue weighted by atomic mass is 16.5. The van der Waals surface area contributed by atoms with Crippen LogP contribution >= 0.6 is 0 Å². The highest BCUT2D eigenvalue weighted by Crippen LogP contribution is 2.06. The average Bonchev–Trinajstić information content (AvgIpc) is 2.36. The number of rotatable bonds is 9. The summed E-state index contributed by atoms with van der Waals surface area (Å²) in [5.41, 5.74) is 0. The third kappa shape index (κ3) is 6.64. The minimum Gasteiger partial charge on any atom is -0.468 e. The molecule has 0 fully saturated rings. The van der Waals surface area contributed by atoms with E-state index in [9.17, 15) is 4.79 Å². The highest BCUT2D eigenvalue weighted by molar-refractivity contribution is 5.75. The summed E-state index contributed by atoms with van der Waals surface area (Å²) in [6.07, 6.45) is 2.00. The summed E-state index contributed by atoms with van der Waals surface area (Å²) in [7, 11) is 3.23. The molecule has 0 aromatic rings. The fourth-order valence-corrected chi connectivity index (χ4v) is 1.78. The molecule has 2 atom stereocenters. The third-order valence-electron chi connectivity index (χ3n) is 3.28. The molecule has 0 saturated heterocycles. The molecule has 0 aliphatic heterocycles. The lowest BCUT2D eigenvalue weighted by Crippen LogP contribution is -2.39. The number of hydrogen-bond donors (Lipinski definition) is 1. The number of methoxy groups -OCH3 is 1. The standard InChI is InChI=1S/C13H28N2O2/c1-6-11(3)10-15(7-2)9-8-12(14-4)13(16)17-5/h11-12,14H,6-10H2,1-5H3. The van der Waals surface area contributed by atoms with E-state index < -0.39 is 0 Å². The van der Waals surface area contributed by atoms with Crippen LogP contribution in [-0.2, 0) is 9.53 Å². The number of nitrogens with zero attached hydrogens (tertiary/aromatic N) is 1. The van der Waals surface area contributed by atoms with Crippen LogP contribution in [0.1, 0.15) is 33.6 Å². The summed E-state index contributed by atoms with van der Waals surface area (Å²) in [5.74, 6) is 0.535. The van der Waals surface area contributed by atoms with Gasteiger partial charge < -0.3 is 15.0 Å². The Hall–Kier alpha value is -0.610. The van der Waals surface area contributed by atoms with Crippen LogP contribution in [0, 0.1) is 5.92 Å². The van der Waals surface area contributed by atoms with Crippen LogP contribution in [0.3, 0.4) is 0 Å². The first-order chi connectivity index (χ1) is 8.08. The molecule has 0 rings (SSSR count). The predicted octanol–water partition coefficient (Wildman–Crippen LogP) is 1.51. The first-order valence-electron chi connectivity index (χ1n) is 6.56. The van der Waals surface area contributed by atoms with Crippen molar-refractivity contribution in [2.24, 2.45) is 5.92 Å². The van der Waals surface area contributed by atoms with Crippen LogP contribution in [-0.4, -0.2) is 50.7 Å². The van der Waals surface area contributed by atoms with Crippen molar-refractivity contribution in [1.29, 1.82) is 0 Å². The van der Waals surface area contributed by atoms with Gasteiger partial charge in [-0.15, -0.1) is 0 Å². The maximum absolute atomic E-state index is 11.4. The monoisotopic (exact) mass is 244 g/mol. The smallest absolute Gasteiger partial charge is 0.322 e. The van der Waals surface area contributed by atoms with Gasteiger partial charge in [-0.1, -0.05) is 27.2 Å². The van der Waals surface area contributed by atoms with Crippen molar-refractivity contribution in [3.63, 3.8) is 0 Å². The molecule has 0 aliphatic carbocycles. The van der Waals surface area contributed by atoms with Crippen LogP contribution in [0.25, 0.3) is 0 Å². The van der Waals surface area contributed by atoms with Gasteiger partial charge in [0.15, 0.2) is 0 Å². The van der Waals surface area contributed by atoms with E-state index >= 15 is 0 Å². The zero-order chi connectivity index (χ0) is 13.3. The van der Waals surface area contributed by atoms with E-state index in [0.717, 1.165) is 26.1 Å². The van der Waals surface area contributed by atoms with E-state index in [-0.39, 0.29) is 12.0 Å². The summed E-state index contributed by atoms with van der Waals surface area (Å²) in [6, 6.07) is -0.189. The van der Waals surface area contributed by atoms with E-state index in [2.05, 4.69) is 31.0 Å². The zero-order valence-electron chi connectivity index (χ0n) is 12.0. The van der Waals surface area contributed by atoms with Gasteiger partial charge in [-0.25, -0.2) is 0 Å². The summed E-state index contributed by atoms with van der Waals surface area (Å²) < 4.78 is 4.75. The molecular weight excluding hydrogens is 216 g/mol. The number of likely N-dealkylation sites (N-methyl/N-ethyl adjacent to an activating group) is 1. The van der Waals surface area contributed by atoms with E-state index in [0.29, 0.717) is 5.92 Å². The average molecular weight is 244 g/mol. The van der Waals surface area contributed by atoms with Gasteiger partial charge in [0.05, 0.1) is 7.11 Å². The third-order valence-corrected chi connectivity index (χ3v) is 3.28. The number of nitrogens with one attached hydrogen (secondary N) is 1. The molecular formula is C13H28N2O2. The van der Waals surface area contributed by atoms with Crippen LogP contribution in [0.15, 0.2) is 0 Å². The highest BCUT2D eigenvalue weighted by Gasteiger charge is 2.18. The Morgan fingerprint density at radius 2 is 2.06 bits per heavy atom. The molecule has 0 heterocycles. The summed E-state index contributed by atoms with van der Waals surface area (Å²) in [6.45, 7) is 9.70. The molecule has 0 bridgehead atoms. The molecule has 0 aromatic carbocycles. The molecule has 0 amide bonds. The van der Waals surface area contributed by atoms with E-state index in [1.165, 1.54) is 13.5 Å². The van der Waals surface area contributed by atoms with Gasteiger partial charge in [0.2, 0.25) is 0 Å². The number of hydrogen-bond acceptors (Lipinski definition) is 4. The number of carbonyl (C=O) groups is 1. The summed E-state index contributed by atoms with van der Waals surface area (Å²) in [5, 5.41) is 3.00. The van der Waals surface area contributed by atoms with Crippen LogP contribution in [0.5, 0.6) is 0 Å². The quantitative estimate of drug-likeness (QED) is 0.624. The molecule has 0 aliphatic rings. The fourth-order valence-electron chi connectivity index (χ4n) is 1.78. The molecule has 0 saturated carbocycles. The van der Waals surface area contributed by atoms with Crippen molar-refractivity contribution in [3.05, 3.63) is 0 Å². The Morgan fingerprint density at radius 1 is 1.41 bits per heavy atom. The van der Waals surface area contributed by atoms with Gasteiger partial charge in [0.25, 0.3) is 0 Å². The van der Waals surface area contributed by atoms with Crippen molar-refractivity contribution >= 4 is 5.97 Å². The van der Waals surface area contributed by atoms with Crippen molar-refractivity contribution in [2.75, 3.05) is 33.8 Å². The minimum atomic E-state index is -0.189. The van der Waals surface area contributed by atoms with Gasteiger partial charge in [-0.2, -0.15) is 0 Å². The first kappa shape index (κ1) is 16.4. The summed E-state index contributed by atoms with van der Waals surface area (Å²) in [4.78, 5) is 13.8. The van der Waals surface area contributed by atoms with E-state index in [4.69, 9.17) is 4.74 Å². The molecule has 1 N–H and O–H groups in total. The molecule has 4 heteroatoms. The van der Waals surface area contributed by atoms with Gasteiger partial charge in [0, 0.05) is 13.1 Å². The van der Waals surface area contributed by atoms with E-state index in [1.807, 2.05) is 0 Å². The van der Waals surface area contributed by atoms with Crippen LogP contribution in [0.4, 0.5) is 0 Å². The molecule has 17 heavy (non-hydrogen) atoms. The molecule has 0 aromatic heterocycles. The lowest BCUT2D eigenvalue weighted by Gasteiger charge is -2.25. The molecule has 2 unspecified atom stereocenters. The van der Waals surface area contributed by atoms with Gasteiger partial charge in [0.1, 0.15) is 6.04 Å². The Kier molecular flexibility index (Phi) is 9.09. The zero-order valence-corrected chi connectivity index (χ0v) is 12.0. The molecule has 0 radical (unpaired) electrons. The van der Waals surface area contributed by atoms with Crippen molar-refractivity contribution in [3.8, 4) is 0 Å². The van der Waals surface area contributed by atoms with Crippen LogP contribution in [0.2, 0.25) is 0 Å². The molecule has 4 nitrogen and oxygen atoms in total. The lowest BCUT2D eigenvalue weighted by molar-refractivity contribution is -0.143. The van der Waals surface area contributed by atoms with Crippen LogP contribution < -0.4 is 5.32 Å². The maximum atomic E-state index is 11.4. The number of ether oxygens (including phenoxy) is 1. The maximum Gasteiger partial charge on any atom is 0.322 e. The molecule has 0 spiro atoms. The normalized spacial score (nSPS) is 14.7. The van der Waals surface area contributed by atoms with Gasteiger partial charge >= 0.3 is 5.97 Å². The largest absolute Gasteiger partial charge is 0.468 e. The van der Waals surface area contributed by atoms with Gasteiger partial charge in [-0.3, -0.25) is 4.79 Å². The topological polar surface area (TPSA) is 41.6 Å².